The first-order valence-electron chi connectivity index (χ1n) is 7.20. The van der Waals surface area contributed by atoms with Crippen LogP contribution in [0.4, 0.5) is 11.4 Å². The third-order valence-corrected chi connectivity index (χ3v) is 4.20. The topological polar surface area (TPSA) is 108 Å². The zero-order chi connectivity index (χ0) is 17.8. The van der Waals surface area contributed by atoms with E-state index < -0.39 is 10.9 Å². The van der Waals surface area contributed by atoms with E-state index in [0.29, 0.717) is 17.3 Å². The SMILES string of the molecule is CNc1ccc([N+](=O)[O-])cc1C(=O)OCc1coc(-c2cccs2)n1. The van der Waals surface area contributed by atoms with Crippen molar-refractivity contribution in [1.82, 2.24) is 4.98 Å². The van der Waals surface area contributed by atoms with Crippen molar-refractivity contribution in [3.63, 3.8) is 0 Å². The summed E-state index contributed by atoms with van der Waals surface area (Å²) in [5.41, 5.74) is 0.786. The molecule has 0 amide bonds. The van der Waals surface area contributed by atoms with Crippen LogP contribution < -0.4 is 5.32 Å². The molecule has 0 unspecified atom stereocenters. The van der Waals surface area contributed by atoms with Crippen LogP contribution in [-0.2, 0) is 11.3 Å². The molecule has 0 atom stereocenters. The van der Waals surface area contributed by atoms with E-state index in [1.807, 2.05) is 17.5 Å². The second-order valence-corrected chi connectivity index (χ2v) is 5.88. The molecule has 1 aromatic carbocycles. The average Bonchev–Trinajstić information content (AvgIpc) is 3.30. The Labute approximate surface area is 146 Å². The Morgan fingerprint density at radius 2 is 2.28 bits per heavy atom. The number of oxazole rings is 1. The van der Waals surface area contributed by atoms with Gasteiger partial charge in [-0.1, -0.05) is 6.07 Å². The largest absolute Gasteiger partial charge is 0.455 e. The molecule has 0 aliphatic heterocycles. The highest BCUT2D eigenvalue weighted by atomic mass is 32.1. The number of esters is 1. The lowest BCUT2D eigenvalue weighted by molar-refractivity contribution is -0.384. The molecule has 0 fully saturated rings. The van der Waals surface area contributed by atoms with Crippen LogP contribution in [0.15, 0.2) is 46.4 Å². The summed E-state index contributed by atoms with van der Waals surface area (Å²) in [6, 6.07) is 7.70. The molecule has 0 saturated heterocycles. The Morgan fingerprint density at radius 1 is 1.44 bits per heavy atom. The van der Waals surface area contributed by atoms with Gasteiger partial charge in [-0.3, -0.25) is 10.1 Å². The zero-order valence-electron chi connectivity index (χ0n) is 13.1. The molecule has 3 rings (SSSR count). The molecule has 128 valence electrons. The molecule has 0 aliphatic rings. The molecule has 0 saturated carbocycles. The minimum Gasteiger partial charge on any atom is -0.455 e. The molecule has 9 heteroatoms. The number of anilines is 1. The van der Waals surface area contributed by atoms with Gasteiger partial charge in [0, 0.05) is 24.9 Å². The van der Waals surface area contributed by atoms with Gasteiger partial charge in [0.05, 0.1) is 15.4 Å². The highest BCUT2D eigenvalue weighted by Gasteiger charge is 2.18. The van der Waals surface area contributed by atoms with E-state index in [1.165, 1.54) is 35.8 Å². The van der Waals surface area contributed by atoms with Gasteiger partial charge in [-0.05, 0) is 17.5 Å². The number of nitro groups is 1. The third kappa shape index (κ3) is 3.66. The fraction of sp³-hybridized carbons (Fsp3) is 0.125. The molecule has 8 nitrogen and oxygen atoms in total. The predicted molar refractivity (Wildman–Crippen MR) is 91.6 cm³/mol. The van der Waals surface area contributed by atoms with Crippen LogP contribution in [0.25, 0.3) is 10.8 Å². The van der Waals surface area contributed by atoms with Gasteiger partial charge in [0.1, 0.15) is 18.6 Å². The number of hydrogen-bond donors (Lipinski definition) is 1. The van der Waals surface area contributed by atoms with Gasteiger partial charge in [0.25, 0.3) is 5.69 Å². The number of aromatic nitrogens is 1. The highest BCUT2D eigenvalue weighted by molar-refractivity contribution is 7.13. The van der Waals surface area contributed by atoms with Crippen LogP contribution >= 0.6 is 11.3 Å². The number of nitro benzene ring substituents is 1. The minimum absolute atomic E-state index is 0.0821. The molecular weight excluding hydrogens is 346 g/mol. The number of carbonyl (C=O) groups is 1. The van der Waals surface area contributed by atoms with Crippen molar-refractivity contribution in [2.45, 2.75) is 6.61 Å². The van der Waals surface area contributed by atoms with E-state index in [4.69, 9.17) is 9.15 Å². The van der Waals surface area contributed by atoms with E-state index >= 15 is 0 Å². The van der Waals surface area contributed by atoms with Crippen LogP contribution in [0.1, 0.15) is 16.1 Å². The number of non-ortho nitro benzene ring substituents is 1. The summed E-state index contributed by atoms with van der Waals surface area (Å²) in [6.07, 6.45) is 1.41. The maximum absolute atomic E-state index is 12.3. The van der Waals surface area contributed by atoms with Crippen molar-refractivity contribution in [3.05, 3.63) is 63.3 Å². The third-order valence-electron chi connectivity index (χ3n) is 3.34. The summed E-state index contributed by atoms with van der Waals surface area (Å²) in [4.78, 5) is 27.7. The Bertz CT molecular complexity index is 904. The maximum atomic E-state index is 12.3. The summed E-state index contributed by atoms with van der Waals surface area (Å²) < 4.78 is 10.6. The Kier molecular flexibility index (Phi) is 4.75. The standard InChI is InChI=1S/C16H13N3O5S/c1-17-13-5-4-11(19(21)22)7-12(13)16(20)24-9-10-8-23-15(18-10)14-3-2-6-25-14/h2-8,17H,9H2,1H3. The first kappa shape index (κ1) is 16.7. The molecule has 1 N–H and O–H groups in total. The number of rotatable bonds is 6. The number of hydrogen-bond acceptors (Lipinski definition) is 8. The molecule has 0 bridgehead atoms. The van der Waals surface area contributed by atoms with Gasteiger partial charge in [-0.15, -0.1) is 11.3 Å². The summed E-state index contributed by atoms with van der Waals surface area (Å²) in [6.45, 7) is -0.0977. The second-order valence-electron chi connectivity index (χ2n) is 4.93. The van der Waals surface area contributed by atoms with E-state index in [9.17, 15) is 14.9 Å². The lowest BCUT2D eigenvalue weighted by Gasteiger charge is -2.08. The van der Waals surface area contributed by atoms with Crippen LogP contribution in [0.2, 0.25) is 0 Å². The fourth-order valence-corrected chi connectivity index (χ4v) is 2.79. The minimum atomic E-state index is -0.686. The quantitative estimate of drug-likeness (QED) is 0.406. The molecule has 2 aromatic heterocycles. The number of benzene rings is 1. The Balaban J connectivity index is 1.72. The van der Waals surface area contributed by atoms with Gasteiger partial charge in [0.2, 0.25) is 5.89 Å². The molecular formula is C16H13N3O5S. The van der Waals surface area contributed by atoms with Crippen molar-refractivity contribution in [1.29, 1.82) is 0 Å². The van der Waals surface area contributed by atoms with Gasteiger partial charge in [0.15, 0.2) is 0 Å². The molecule has 2 heterocycles. The first-order chi connectivity index (χ1) is 12.1. The molecule has 25 heavy (non-hydrogen) atoms. The van der Waals surface area contributed by atoms with Crippen LogP contribution in [0, 0.1) is 10.1 Å². The summed E-state index contributed by atoms with van der Waals surface area (Å²) in [7, 11) is 1.61. The van der Waals surface area contributed by atoms with Crippen molar-refractivity contribution in [3.8, 4) is 10.8 Å². The van der Waals surface area contributed by atoms with Gasteiger partial charge in [-0.25, -0.2) is 9.78 Å². The first-order valence-corrected chi connectivity index (χ1v) is 8.08. The van der Waals surface area contributed by atoms with Gasteiger partial charge < -0.3 is 14.5 Å². The normalized spacial score (nSPS) is 10.4. The lowest BCUT2D eigenvalue weighted by Crippen LogP contribution is -2.09. The Morgan fingerprint density at radius 3 is 2.96 bits per heavy atom. The monoisotopic (exact) mass is 359 g/mol. The van der Waals surface area contributed by atoms with Crippen LogP contribution in [0.3, 0.4) is 0 Å². The number of thiophene rings is 1. The molecule has 0 radical (unpaired) electrons. The molecule has 0 aliphatic carbocycles. The van der Waals surface area contributed by atoms with E-state index in [0.717, 1.165) is 4.88 Å². The van der Waals surface area contributed by atoms with Crippen molar-refractivity contribution in [2.24, 2.45) is 0 Å². The summed E-state index contributed by atoms with van der Waals surface area (Å²) >= 11 is 1.48. The van der Waals surface area contributed by atoms with Crippen LogP contribution in [-0.4, -0.2) is 22.9 Å². The highest BCUT2D eigenvalue weighted by Crippen LogP contribution is 2.25. The maximum Gasteiger partial charge on any atom is 0.340 e. The fourth-order valence-electron chi connectivity index (χ4n) is 2.14. The number of carbonyl (C=O) groups excluding carboxylic acids is 1. The molecule has 3 aromatic rings. The van der Waals surface area contributed by atoms with Crippen LogP contribution in [0.5, 0.6) is 0 Å². The van der Waals surface area contributed by atoms with Gasteiger partial charge in [-0.2, -0.15) is 0 Å². The van der Waals surface area contributed by atoms with Crippen molar-refractivity contribution in [2.75, 3.05) is 12.4 Å². The van der Waals surface area contributed by atoms with E-state index in [1.54, 1.807) is 7.05 Å². The zero-order valence-corrected chi connectivity index (χ0v) is 13.9. The average molecular weight is 359 g/mol. The summed E-state index contributed by atoms with van der Waals surface area (Å²) in [5, 5.41) is 15.6. The van der Waals surface area contributed by atoms with Gasteiger partial charge >= 0.3 is 5.97 Å². The smallest absolute Gasteiger partial charge is 0.340 e. The number of ether oxygens (including phenoxy) is 1. The number of nitrogens with zero attached hydrogens (tertiary/aromatic N) is 2. The predicted octanol–water partition coefficient (Wildman–Crippen LogP) is 3.71. The Hall–Kier alpha value is -3.20. The lowest BCUT2D eigenvalue weighted by atomic mass is 10.1. The molecule has 0 spiro atoms. The van der Waals surface area contributed by atoms with E-state index in [-0.39, 0.29) is 17.9 Å². The van der Waals surface area contributed by atoms with Crippen molar-refractivity contribution >= 4 is 28.7 Å². The summed E-state index contributed by atoms with van der Waals surface area (Å²) in [5.74, 6) is -0.235. The van der Waals surface area contributed by atoms with E-state index in [2.05, 4.69) is 10.3 Å². The number of nitrogens with one attached hydrogen (secondary N) is 1. The second kappa shape index (κ2) is 7.14. The van der Waals surface area contributed by atoms with Crippen molar-refractivity contribution < 1.29 is 18.9 Å².